The molecule has 0 aliphatic heterocycles. The second-order valence-corrected chi connectivity index (χ2v) is 5.91. The Morgan fingerprint density at radius 2 is 2.28 bits per heavy atom. The molecule has 0 bridgehead atoms. The maximum Gasteiger partial charge on any atom is 0.281 e. The number of rotatable bonds is 7. The van der Waals surface area contributed by atoms with Crippen molar-refractivity contribution in [1.82, 2.24) is 10.2 Å². The molecule has 1 aromatic carbocycles. The van der Waals surface area contributed by atoms with Gasteiger partial charge in [-0.2, -0.15) is 0 Å². The van der Waals surface area contributed by atoms with Gasteiger partial charge in [-0.15, -0.1) is 16.6 Å². The van der Waals surface area contributed by atoms with Gasteiger partial charge in [0.2, 0.25) is 5.89 Å². The number of benzene rings is 1. The molecular formula is C16H12ClN2O5S-. The quantitative estimate of drug-likeness (QED) is 0.409. The summed E-state index contributed by atoms with van der Waals surface area (Å²) in [6.07, 6.45) is 6.50. The van der Waals surface area contributed by atoms with Crippen molar-refractivity contribution in [1.29, 1.82) is 0 Å². The van der Waals surface area contributed by atoms with Crippen LogP contribution in [0.5, 0.6) is 11.5 Å². The van der Waals surface area contributed by atoms with E-state index in [1.165, 1.54) is 19.3 Å². The number of halogens is 1. The van der Waals surface area contributed by atoms with Crippen LogP contribution in [-0.4, -0.2) is 29.9 Å². The van der Waals surface area contributed by atoms with Crippen molar-refractivity contribution >= 4 is 35.4 Å². The Bertz CT molecular complexity index is 857. The number of hydrogen-bond donors (Lipinski definition) is 0. The number of methoxy groups -OCH3 is 1. The number of ether oxygens (including phenoxy) is 2. The largest absolute Gasteiger partial charge is 0.544 e. The fourth-order valence-corrected chi connectivity index (χ4v) is 2.76. The van der Waals surface area contributed by atoms with Crippen molar-refractivity contribution in [3.63, 3.8) is 0 Å². The number of thioether (sulfide) groups is 1. The lowest BCUT2D eigenvalue weighted by molar-refractivity contribution is -0.298. The molecule has 0 saturated carbocycles. The lowest BCUT2D eigenvalue weighted by Gasteiger charge is -2.12. The molecule has 0 radical (unpaired) electrons. The summed E-state index contributed by atoms with van der Waals surface area (Å²) in [7, 11) is 1.43. The number of carboxylic acids is 1. The molecule has 0 N–H and O–H groups in total. The van der Waals surface area contributed by atoms with Gasteiger partial charge in [-0.1, -0.05) is 17.5 Å². The van der Waals surface area contributed by atoms with E-state index in [2.05, 4.69) is 16.1 Å². The average molecular weight is 380 g/mol. The van der Waals surface area contributed by atoms with E-state index >= 15 is 0 Å². The third kappa shape index (κ3) is 4.92. The number of aliphatic carboxylic acids is 1. The van der Waals surface area contributed by atoms with E-state index in [-0.39, 0.29) is 27.5 Å². The molecule has 0 saturated heterocycles. The maximum absolute atomic E-state index is 11.4. The SMILES string of the molecule is C#CCOc1c(Cl)cc(/C=C(/Sc2nnc(C)o2)C(=O)[O-])cc1OC. The Hall–Kier alpha value is -2.63. The van der Waals surface area contributed by atoms with Gasteiger partial charge >= 0.3 is 0 Å². The topological polar surface area (TPSA) is 97.5 Å². The number of nitrogens with zero attached hydrogens (tertiary/aromatic N) is 2. The summed E-state index contributed by atoms with van der Waals surface area (Å²) in [6.45, 7) is 1.61. The highest BCUT2D eigenvalue weighted by Gasteiger charge is 2.13. The van der Waals surface area contributed by atoms with E-state index in [9.17, 15) is 9.90 Å². The van der Waals surface area contributed by atoms with Crippen LogP contribution in [0, 0.1) is 19.3 Å². The molecule has 2 aromatic rings. The normalized spacial score (nSPS) is 11.0. The second-order valence-electron chi connectivity index (χ2n) is 4.51. The fraction of sp³-hybridized carbons (Fsp3) is 0.188. The van der Waals surface area contributed by atoms with Crippen LogP contribution in [0.1, 0.15) is 11.5 Å². The molecule has 2 rings (SSSR count). The molecule has 0 fully saturated rings. The van der Waals surface area contributed by atoms with E-state index in [1.807, 2.05) is 0 Å². The van der Waals surface area contributed by atoms with Crippen molar-refractivity contribution in [2.45, 2.75) is 12.1 Å². The predicted molar refractivity (Wildman–Crippen MR) is 90.2 cm³/mol. The minimum absolute atomic E-state index is 0.0158. The molecule has 0 spiro atoms. The van der Waals surface area contributed by atoms with E-state index in [0.29, 0.717) is 17.2 Å². The second kappa shape index (κ2) is 8.46. The summed E-state index contributed by atoms with van der Waals surface area (Å²) in [4.78, 5) is 11.2. The molecule has 0 aliphatic rings. The van der Waals surface area contributed by atoms with Crippen molar-refractivity contribution in [2.24, 2.45) is 0 Å². The monoisotopic (exact) mass is 379 g/mol. The molecule has 0 atom stereocenters. The van der Waals surface area contributed by atoms with Crippen LogP contribution in [0.2, 0.25) is 5.02 Å². The number of carbonyl (C=O) groups is 1. The van der Waals surface area contributed by atoms with Crippen LogP contribution < -0.4 is 14.6 Å². The Morgan fingerprint density at radius 1 is 1.52 bits per heavy atom. The van der Waals surface area contributed by atoms with Crippen molar-refractivity contribution < 1.29 is 23.8 Å². The fourth-order valence-electron chi connectivity index (χ4n) is 1.77. The summed E-state index contributed by atoms with van der Waals surface area (Å²) in [5.74, 6) is 1.83. The molecule has 25 heavy (non-hydrogen) atoms. The summed E-state index contributed by atoms with van der Waals surface area (Å²) >= 11 is 6.93. The standard InChI is InChI=1S/C16H13ClN2O5S/c1-4-5-23-14-11(17)6-10(7-12(14)22-3)8-13(15(20)21)25-16-19-18-9(2)24-16/h1,6-8H,5H2,2-3H3,(H,20,21)/p-1/b13-8+. The van der Waals surface area contributed by atoms with E-state index in [1.54, 1.807) is 13.0 Å². The summed E-state index contributed by atoms with van der Waals surface area (Å²) in [5, 5.41) is 19.0. The van der Waals surface area contributed by atoms with E-state index in [4.69, 9.17) is 31.9 Å². The molecule has 1 aromatic heterocycles. The highest BCUT2D eigenvalue weighted by Crippen LogP contribution is 2.37. The number of carboxylic acid groups (broad SMARTS) is 1. The first-order chi connectivity index (χ1) is 11.9. The predicted octanol–water partition coefficient (Wildman–Crippen LogP) is 1.94. The van der Waals surface area contributed by atoms with Crippen molar-refractivity contribution in [3.8, 4) is 23.8 Å². The molecule has 130 valence electrons. The van der Waals surface area contributed by atoms with Gasteiger partial charge in [0.05, 0.1) is 18.1 Å². The lowest BCUT2D eigenvalue weighted by atomic mass is 10.2. The minimum Gasteiger partial charge on any atom is -0.544 e. The van der Waals surface area contributed by atoms with E-state index in [0.717, 1.165) is 11.8 Å². The average Bonchev–Trinajstić information content (AvgIpc) is 2.97. The number of terminal acetylenes is 1. The molecule has 0 aliphatic carbocycles. The summed E-state index contributed by atoms with van der Waals surface area (Å²) in [6, 6.07) is 3.07. The smallest absolute Gasteiger partial charge is 0.281 e. The molecule has 9 heteroatoms. The minimum atomic E-state index is -1.40. The highest BCUT2D eigenvalue weighted by molar-refractivity contribution is 8.03. The third-order valence-corrected chi connectivity index (χ3v) is 3.88. The van der Waals surface area contributed by atoms with Crippen LogP contribution in [0.4, 0.5) is 0 Å². The Kier molecular flexibility index (Phi) is 6.33. The Labute approximate surface area is 153 Å². The van der Waals surface area contributed by atoms with Gasteiger partial charge in [0.25, 0.3) is 5.22 Å². The van der Waals surface area contributed by atoms with Crippen LogP contribution in [0.3, 0.4) is 0 Å². The van der Waals surface area contributed by atoms with Gasteiger partial charge in [-0.25, -0.2) is 0 Å². The number of aromatic nitrogens is 2. The number of hydrogen-bond acceptors (Lipinski definition) is 8. The van der Waals surface area contributed by atoms with Crippen LogP contribution in [-0.2, 0) is 4.79 Å². The lowest BCUT2D eigenvalue weighted by Crippen LogP contribution is -2.23. The Balaban J connectivity index is 2.37. The maximum atomic E-state index is 11.4. The molecule has 0 amide bonds. The zero-order chi connectivity index (χ0) is 18.4. The molecule has 1 heterocycles. The van der Waals surface area contributed by atoms with Crippen LogP contribution in [0.25, 0.3) is 6.08 Å². The van der Waals surface area contributed by atoms with Gasteiger partial charge in [0, 0.05) is 11.8 Å². The van der Waals surface area contributed by atoms with Crippen LogP contribution >= 0.6 is 23.4 Å². The molecular weight excluding hydrogens is 368 g/mol. The number of aryl methyl sites for hydroxylation is 1. The number of carbonyl (C=O) groups excluding carboxylic acids is 1. The molecule has 7 nitrogen and oxygen atoms in total. The summed E-state index contributed by atoms with van der Waals surface area (Å²) < 4.78 is 15.7. The highest BCUT2D eigenvalue weighted by atomic mass is 35.5. The van der Waals surface area contributed by atoms with Gasteiger partial charge < -0.3 is 23.8 Å². The van der Waals surface area contributed by atoms with Crippen molar-refractivity contribution in [2.75, 3.05) is 13.7 Å². The zero-order valence-electron chi connectivity index (χ0n) is 13.2. The molecule has 0 unspecified atom stereocenters. The zero-order valence-corrected chi connectivity index (χ0v) is 14.8. The van der Waals surface area contributed by atoms with Gasteiger partial charge in [-0.3, -0.25) is 0 Å². The first-order valence-corrected chi connectivity index (χ1v) is 7.98. The van der Waals surface area contributed by atoms with Gasteiger partial charge in [0.15, 0.2) is 11.5 Å². The van der Waals surface area contributed by atoms with E-state index < -0.39 is 5.97 Å². The third-order valence-electron chi connectivity index (χ3n) is 2.76. The first-order valence-electron chi connectivity index (χ1n) is 6.79. The van der Waals surface area contributed by atoms with Gasteiger partial charge in [0.1, 0.15) is 6.61 Å². The van der Waals surface area contributed by atoms with Crippen LogP contribution in [0.15, 0.2) is 26.7 Å². The van der Waals surface area contributed by atoms with Crippen molar-refractivity contribution in [3.05, 3.63) is 33.5 Å². The Morgan fingerprint density at radius 3 is 2.84 bits per heavy atom. The summed E-state index contributed by atoms with van der Waals surface area (Å²) in [5.41, 5.74) is 0.456. The first kappa shape index (κ1) is 18.7. The van der Waals surface area contributed by atoms with Gasteiger partial charge in [-0.05, 0) is 35.5 Å².